The normalized spacial score (nSPS) is 14.5. The standard InChI is InChI=1S/C21H26N8O.HI/c1-3-22-21(23-13-17-7-4-5-8-19(17)29-10-6-9-24-29)27-11-12-28(20(30)16-27)18-14-25-26(2)15-18;/h4-10,14-15H,3,11-13,16H2,1-2H3,(H,22,23);1H. The number of anilines is 1. The average molecular weight is 534 g/mol. The maximum atomic E-state index is 12.8. The minimum absolute atomic E-state index is 0. The van der Waals surface area contributed by atoms with Gasteiger partial charge in [0.25, 0.3) is 0 Å². The summed E-state index contributed by atoms with van der Waals surface area (Å²) in [5.74, 6) is 0.781. The van der Waals surface area contributed by atoms with Crippen molar-refractivity contribution in [1.29, 1.82) is 0 Å². The predicted octanol–water partition coefficient (Wildman–Crippen LogP) is 2.04. The molecule has 0 saturated carbocycles. The smallest absolute Gasteiger partial charge is 0.246 e. The molecule has 1 N–H and O–H groups in total. The third-order valence-corrected chi connectivity index (χ3v) is 5.00. The van der Waals surface area contributed by atoms with Crippen molar-refractivity contribution in [3.8, 4) is 5.69 Å². The summed E-state index contributed by atoms with van der Waals surface area (Å²) in [5, 5.41) is 11.8. The number of nitrogens with one attached hydrogen (secondary N) is 1. The number of piperazine rings is 1. The summed E-state index contributed by atoms with van der Waals surface area (Å²) in [6, 6.07) is 9.97. The minimum atomic E-state index is 0. The van der Waals surface area contributed by atoms with E-state index in [1.54, 1.807) is 22.0 Å². The molecule has 0 bridgehead atoms. The molecule has 3 heterocycles. The lowest BCUT2D eigenvalue weighted by atomic mass is 10.2. The predicted molar refractivity (Wildman–Crippen MR) is 131 cm³/mol. The monoisotopic (exact) mass is 534 g/mol. The molecular formula is C21H27IN8O. The highest BCUT2D eigenvalue weighted by Crippen LogP contribution is 2.17. The fraction of sp³-hybridized carbons (Fsp3) is 0.333. The molecular weight excluding hydrogens is 507 g/mol. The van der Waals surface area contributed by atoms with Gasteiger partial charge >= 0.3 is 0 Å². The molecule has 0 radical (unpaired) electrons. The molecule has 0 unspecified atom stereocenters. The van der Waals surface area contributed by atoms with E-state index in [2.05, 4.69) is 21.6 Å². The lowest BCUT2D eigenvalue weighted by molar-refractivity contribution is -0.120. The Kier molecular flexibility index (Phi) is 7.66. The van der Waals surface area contributed by atoms with Crippen molar-refractivity contribution in [2.75, 3.05) is 31.1 Å². The molecule has 10 heteroatoms. The highest BCUT2D eigenvalue weighted by atomic mass is 127. The van der Waals surface area contributed by atoms with E-state index in [-0.39, 0.29) is 36.4 Å². The number of para-hydroxylation sites is 1. The van der Waals surface area contributed by atoms with Gasteiger partial charge in [-0.1, -0.05) is 18.2 Å². The van der Waals surface area contributed by atoms with Crippen molar-refractivity contribution in [1.82, 2.24) is 29.8 Å². The van der Waals surface area contributed by atoms with E-state index in [0.29, 0.717) is 19.6 Å². The molecule has 164 valence electrons. The molecule has 1 aliphatic rings. The van der Waals surface area contributed by atoms with Crippen LogP contribution in [0.3, 0.4) is 0 Å². The third kappa shape index (κ3) is 5.24. The summed E-state index contributed by atoms with van der Waals surface area (Å²) in [7, 11) is 1.85. The van der Waals surface area contributed by atoms with Gasteiger partial charge in [-0.05, 0) is 24.6 Å². The molecule has 4 rings (SSSR count). The first-order valence-electron chi connectivity index (χ1n) is 10.1. The average Bonchev–Trinajstić information content (AvgIpc) is 3.43. The van der Waals surface area contributed by atoms with Crippen LogP contribution in [0.25, 0.3) is 5.69 Å². The number of halogens is 1. The molecule has 0 spiro atoms. The Morgan fingerprint density at radius 2 is 2.03 bits per heavy atom. The minimum Gasteiger partial charge on any atom is -0.356 e. The highest BCUT2D eigenvalue weighted by molar-refractivity contribution is 14.0. The van der Waals surface area contributed by atoms with Gasteiger partial charge in [0.1, 0.15) is 6.54 Å². The molecule has 9 nitrogen and oxygen atoms in total. The van der Waals surface area contributed by atoms with Crippen LogP contribution in [0.15, 0.2) is 60.1 Å². The SMILES string of the molecule is CCNC(=NCc1ccccc1-n1cccn1)N1CCN(c2cnn(C)c2)C(=O)C1.I. The second-order valence-electron chi connectivity index (χ2n) is 7.09. The van der Waals surface area contributed by atoms with Gasteiger partial charge in [-0.3, -0.25) is 9.48 Å². The van der Waals surface area contributed by atoms with Crippen LogP contribution in [0.5, 0.6) is 0 Å². The van der Waals surface area contributed by atoms with Crippen molar-refractivity contribution in [3.63, 3.8) is 0 Å². The summed E-state index contributed by atoms with van der Waals surface area (Å²) in [4.78, 5) is 21.4. The lowest BCUT2D eigenvalue weighted by Crippen LogP contribution is -2.55. The highest BCUT2D eigenvalue weighted by Gasteiger charge is 2.27. The number of nitrogens with zero attached hydrogens (tertiary/aromatic N) is 7. The van der Waals surface area contributed by atoms with Crippen LogP contribution in [0, 0.1) is 0 Å². The number of aromatic nitrogens is 4. The van der Waals surface area contributed by atoms with E-state index >= 15 is 0 Å². The van der Waals surface area contributed by atoms with Crippen LogP contribution in [0.2, 0.25) is 0 Å². The van der Waals surface area contributed by atoms with Crippen molar-refractivity contribution in [2.45, 2.75) is 13.5 Å². The lowest BCUT2D eigenvalue weighted by Gasteiger charge is -2.35. The molecule has 0 atom stereocenters. The van der Waals surface area contributed by atoms with Crippen molar-refractivity contribution >= 4 is 41.5 Å². The molecule has 3 aromatic rings. The first-order valence-corrected chi connectivity index (χ1v) is 10.1. The Hall–Kier alpha value is -2.89. The van der Waals surface area contributed by atoms with E-state index in [1.165, 1.54) is 0 Å². The Bertz CT molecular complexity index is 1030. The quantitative estimate of drug-likeness (QED) is 0.308. The summed E-state index contributed by atoms with van der Waals surface area (Å²) in [6.45, 7) is 4.83. The first-order chi connectivity index (χ1) is 14.7. The second kappa shape index (κ2) is 10.4. The largest absolute Gasteiger partial charge is 0.356 e. The Morgan fingerprint density at radius 1 is 1.19 bits per heavy atom. The molecule has 1 aromatic carbocycles. The van der Waals surface area contributed by atoms with Gasteiger partial charge in [0.05, 0.1) is 24.1 Å². The van der Waals surface area contributed by atoms with Gasteiger partial charge in [0.2, 0.25) is 5.91 Å². The van der Waals surface area contributed by atoms with Crippen molar-refractivity contribution in [2.24, 2.45) is 12.0 Å². The third-order valence-electron chi connectivity index (χ3n) is 5.00. The van der Waals surface area contributed by atoms with Crippen molar-refractivity contribution in [3.05, 3.63) is 60.7 Å². The number of carbonyl (C=O) groups is 1. The summed E-state index contributed by atoms with van der Waals surface area (Å²) < 4.78 is 3.55. The number of guanidine groups is 1. The fourth-order valence-electron chi connectivity index (χ4n) is 3.54. The van der Waals surface area contributed by atoms with Crippen LogP contribution < -0.4 is 10.2 Å². The Balaban J connectivity index is 0.00000272. The molecule has 1 fully saturated rings. The topological polar surface area (TPSA) is 83.6 Å². The van der Waals surface area contributed by atoms with Crippen LogP contribution >= 0.6 is 24.0 Å². The molecule has 31 heavy (non-hydrogen) atoms. The number of aryl methyl sites for hydroxylation is 1. The fourth-order valence-corrected chi connectivity index (χ4v) is 3.54. The Morgan fingerprint density at radius 3 is 2.71 bits per heavy atom. The first kappa shape index (κ1) is 22.8. The van der Waals surface area contributed by atoms with E-state index in [1.807, 2.05) is 60.2 Å². The van der Waals surface area contributed by atoms with E-state index in [4.69, 9.17) is 4.99 Å². The van der Waals surface area contributed by atoms with E-state index in [0.717, 1.165) is 29.4 Å². The zero-order valence-corrected chi connectivity index (χ0v) is 20.0. The molecule has 0 aliphatic carbocycles. The van der Waals surface area contributed by atoms with Gasteiger partial charge in [-0.2, -0.15) is 10.2 Å². The number of aliphatic imine (C=N–C) groups is 1. The summed E-state index contributed by atoms with van der Waals surface area (Å²) in [6.07, 6.45) is 7.26. The molecule has 1 saturated heterocycles. The van der Waals surface area contributed by atoms with Crippen LogP contribution in [0.1, 0.15) is 12.5 Å². The van der Waals surface area contributed by atoms with Crippen LogP contribution in [0.4, 0.5) is 5.69 Å². The van der Waals surface area contributed by atoms with E-state index < -0.39 is 0 Å². The summed E-state index contributed by atoms with van der Waals surface area (Å²) >= 11 is 0. The zero-order valence-electron chi connectivity index (χ0n) is 17.7. The maximum Gasteiger partial charge on any atom is 0.246 e. The number of rotatable bonds is 5. The molecule has 1 amide bonds. The Labute approximate surface area is 198 Å². The van der Waals surface area contributed by atoms with Crippen LogP contribution in [-0.2, 0) is 18.4 Å². The number of hydrogen-bond donors (Lipinski definition) is 1. The number of amides is 1. The molecule has 2 aromatic heterocycles. The van der Waals surface area contributed by atoms with Crippen LogP contribution in [-0.4, -0.2) is 62.5 Å². The zero-order chi connectivity index (χ0) is 20.9. The summed E-state index contributed by atoms with van der Waals surface area (Å²) in [5.41, 5.74) is 2.90. The van der Waals surface area contributed by atoms with Gasteiger partial charge in [0, 0.05) is 45.3 Å². The second-order valence-corrected chi connectivity index (χ2v) is 7.09. The van der Waals surface area contributed by atoms with E-state index in [9.17, 15) is 4.79 Å². The van der Waals surface area contributed by atoms with Gasteiger partial charge < -0.3 is 15.1 Å². The van der Waals surface area contributed by atoms with Gasteiger partial charge in [-0.15, -0.1) is 24.0 Å². The van der Waals surface area contributed by atoms with Gasteiger partial charge in [-0.25, -0.2) is 9.67 Å². The number of hydrogen-bond acceptors (Lipinski definition) is 4. The number of carbonyl (C=O) groups excluding carboxylic acids is 1. The van der Waals surface area contributed by atoms with Gasteiger partial charge in [0.15, 0.2) is 5.96 Å². The maximum absolute atomic E-state index is 12.8. The molecule has 1 aliphatic heterocycles. The van der Waals surface area contributed by atoms with Crippen molar-refractivity contribution < 1.29 is 4.79 Å². The number of benzene rings is 1.